The van der Waals surface area contributed by atoms with Gasteiger partial charge in [0, 0.05) is 0 Å². The molecule has 2 atom stereocenters. The third kappa shape index (κ3) is 3.62. The minimum Gasteiger partial charge on any atom is -0.335 e. The fourth-order valence-electron chi connectivity index (χ4n) is 1.16. The van der Waals surface area contributed by atoms with E-state index >= 15 is 0 Å². The Morgan fingerprint density at radius 1 is 1.20 bits per heavy atom. The van der Waals surface area contributed by atoms with E-state index in [0.717, 1.165) is 10.5 Å². The maximum Gasteiger partial charge on any atom is 1.00 e. The van der Waals surface area contributed by atoms with Crippen molar-refractivity contribution >= 4 is 23.5 Å². The third-order valence-corrected chi connectivity index (χ3v) is 3.83. The van der Waals surface area contributed by atoms with Crippen LogP contribution in [0.1, 0.15) is 27.2 Å². The molecule has 0 bridgehead atoms. The first-order valence-corrected chi connectivity index (χ1v) is 5.11. The summed E-state index contributed by atoms with van der Waals surface area (Å²) in [6.07, 6.45) is 1.37. The van der Waals surface area contributed by atoms with Crippen LogP contribution in [0, 0.1) is 4.58 Å². The molecule has 1 heterocycles. The Bertz CT molecular complexity index is 72.6. The summed E-state index contributed by atoms with van der Waals surface area (Å²) in [5.41, 5.74) is 0. The average Bonchev–Trinajstić information content (AvgIpc) is 1.59. The normalized spacial score (nSPS) is 35.1. The number of rotatable bonds is 0. The Labute approximate surface area is 84.5 Å². The largest absolute Gasteiger partial charge is 1.00 e. The van der Waals surface area contributed by atoms with Crippen molar-refractivity contribution in [2.45, 2.75) is 37.7 Å². The van der Waals surface area contributed by atoms with Gasteiger partial charge in [0.2, 0.25) is 0 Å². The maximum atomic E-state index is 2.31. The Morgan fingerprint density at radius 2 is 1.60 bits per heavy atom. The summed E-state index contributed by atoms with van der Waals surface area (Å²) < 4.78 is 1.54. The van der Waals surface area contributed by atoms with E-state index < -0.39 is 0 Å². The van der Waals surface area contributed by atoms with Gasteiger partial charge in [-0.2, -0.15) is 6.92 Å². The van der Waals surface area contributed by atoms with E-state index in [2.05, 4.69) is 20.8 Å². The predicted molar refractivity (Wildman–Crippen MR) is 47.6 cm³/mol. The van der Waals surface area contributed by atoms with Gasteiger partial charge in [-0.3, -0.25) is 0 Å². The molecule has 3 heteroatoms. The Balaban J connectivity index is 0.000000810. The molecule has 0 aromatic heterocycles. The molecule has 1 fully saturated rings. The molecule has 0 aromatic carbocycles. The van der Waals surface area contributed by atoms with Crippen LogP contribution in [0.3, 0.4) is 0 Å². The van der Waals surface area contributed by atoms with E-state index in [-0.39, 0.29) is 18.9 Å². The molecule has 10 heavy (non-hydrogen) atoms. The van der Waals surface area contributed by atoms with Crippen molar-refractivity contribution in [2.24, 2.45) is 0 Å². The van der Waals surface area contributed by atoms with Gasteiger partial charge in [-0.15, -0.1) is 0 Å². The van der Waals surface area contributed by atoms with Crippen LogP contribution >= 0.6 is 23.5 Å². The molecule has 1 rings (SSSR count). The van der Waals surface area contributed by atoms with Crippen LogP contribution in [0.5, 0.6) is 0 Å². The van der Waals surface area contributed by atoms with Crippen LogP contribution in [0.4, 0.5) is 0 Å². The van der Waals surface area contributed by atoms with E-state index in [1.807, 2.05) is 23.5 Å². The molecule has 0 amide bonds. The molecule has 54 valence electrons. The molecule has 0 aliphatic carbocycles. The van der Waals surface area contributed by atoms with E-state index in [1.165, 1.54) is 6.42 Å². The van der Waals surface area contributed by atoms with Crippen LogP contribution in [0.2, 0.25) is 0 Å². The molecule has 0 nitrogen and oxygen atoms in total. The van der Waals surface area contributed by atoms with Crippen LogP contribution in [-0.4, -0.2) is 10.5 Å². The SMILES string of the molecule is C[C-]1S[C@H](C)C[C@H](C)S1.[Li+]. The van der Waals surface area contributed by atoms with Gasteiger partial charge in [0.25, 0.3) is 0 Å². The Hall–Kier alpha value is 1.30. The summed E-state index contributed by atoms with van der Waals surface area (Å²) in [4.78, 5) is 0. The van der Waals surface area contributed by atoms with E-state index in [0.29, 0.717) is 0 Å². The second-order valence-corrected chi connectivity index (χ2v) is 6.15. The van der Waals surface area contributed by atoms with Crippen molar-refractivity contribution in [3.05, 3.63) is 4.58 Å². The minimum absolute atomic E-state index is 0. The summed E-state index contributed by atoms with van der Waals surface area (Å²) in [6.45, 7) is 6.84. The second-order valence-electron chi connectivity index (χ2n) is 2.58. The average molecular weight is 168 g/mol. The second kappa shape index (κ2) is 5.03. The Morgan fingerprint density at radius 3 is 1.90 bits per heavy atom. The van der Waals surface area contributed by atoms with Crippen molar-refractivity contribution in [1.82, 2.24) is 0 Å². The molecular formula is C7H13LiS2. The molecular weight excluding hydrogens is 155 g/mol. The quantitative estimate of drug-likeness (QED) is 0.373. The first kappa shape index (κ1) is 11.3. The summed E-state index contributed by atoms with van der Waals surface area (Å²) >= 11 is 4.05. The summed E-state index contributed by atoms with van der Waals surface area (Å²) in [7, 11) is 0. The van der Waals surface area contributed by atoms with Gasteiger partial charge >= 0.3 is 18.9 Å². The molecule has 1 saturated heterocycles. The Kier molecular flexibility index (Phi) is 5.69. The summed E-state index contributed by atoms with van der Waals surface area (Å²) in [5.74, 6) is 0. The topological polar surface area (TPSA) is 0 Å². The van der Waals surface area contributed by atoms with Crippen LogP contribution < -0.4 is 18.9 Å². The zero-order chi connectivity index (χ0) is 6.85. The molecule has 0 unspecified atom stereocenters. The van der Waals surface area contributed by atoms with Gasteiger partial charge in [0.15, 0.2) is 0 Å². The monoisotopic (exact) mass is 168 g/mol. The van der Waals surface area contributed by atoms with Crippen molar-refractivity contribution in [1.29, 1.82) is 0 Å². The molecule has 0 N–H and O–H groups in total. The maximum absolute atomic E-state index is 2.31. The van der Waals surface area contributed by atoms with Gasteiger partial charge in [0.1, 0.15) is 0 Å². The van der Waals surface area contributed by atoms with Gasteiger partial charge in [-0.25, -0.2) is 4.58 Å². The van der Waals surface area contributed by atoms with Gasteiger partial charge < -0.3 is 23.5 Å². The molecule has 1 aliphatic rings. The summed E-state index contributed by atoms with van der Waals surface area (Å²) in [6, 6.07) is 0. The van der Waals surface area contributed by atoms with E-state index in [9.17, 15) is 0 Å². The fourth-order valence-corrected chi connectivity index (χ4v) is 4.39. The van der Waals surface area contributed by atoms with E-state index in [4.69, 9.17) is 0 Å². The molecule has 0 radical (unpaired) electrons. The zero-order valence-electron chi connectivity index (χ0n) is 7.18. The van der Waals surface area contributed by atoms with Crippen LogP contribution in [0.25, 0.3) is 0 Å². The van der Waals surface area contributed by atoms with Gasteiger partial charge in [0.05, 0.1) is 0 Å². The first-order chi connectivity index (χ1) is 4.18. The smallest absolute Gasteiger partial charge is 0.335 e. The first-order valence-electron chi connectivity index (χ1n) is 3.35. The van der Waals surface area contributed by atoms with Crippen molar-refractivity contribution < 1.29 is 18.9 Å². The predicted octanol–water partition coefficient (Wildman–Crippen LogP) is 0.147. The van der Waals surface area contributed by atoms with Crippen LogP contribution in [0.15, 0.2) is 0 Å². The zero-order valence-corrected chi connectivity index (χ0v) is 8.81. The van der Waals surface area contributed by atoms with Gasteiger partial charge in [-0.1, -0.05) is 13.8 Å². The number of thioether (sulfide) groups is 2. The fraction of sp³-hybridized carbons (Fsp3) is 0.857. The minimum atomic E-state index is 0. The standard InChI is InChI=1S/C7H13S2.Li/c1-5-4-6(2)9-7(3)8-5;/h5-6H,4H2,1-3H3;/q-1;+1/t5-,6+;. The van der Waals surface area contributed by atoms with E-state index in [1.54, 1.807) is 4.58 Å². The number of hydrogen-bond donors (Lipinski definition) is 0. The molecule has 1 aliphatic heterocycles. The molecule has 0 saturated carbocycles. The third-order valence-electron chi connectivity index (χ3n) is 1.40. The van der Waals surface area contributed by atoms with Crippen LogP contribution in [-0.2, 0) is 0 Å². The molecule has 0 spiro atoms. The molecule has 0 aromatic rings. The van der Waals surface area contributed by atoms with Crippen molar-refractivity contribution in [3.63, 3.8) is 0 Å². The van der Waals surface area contributed by atoms with Gasteiger partial charge in [-0.05, 0) is 16.9 Å². The van der Waals surface area contributed by atoms with Crippen molar-refractivity contribution in [2.75, 3.05) is 0 Å². The summed E-state index contributed by atoms with van der Waals surface area (Å²) in [5, 5.41) is 1.70. The van der Waals surface area contributed by atoms with Crippen molar-refractivity contribution in [3.8, 4) is 0 Å². The number of hydrogen-bond acceptors (Lipinski definition) is 2.